The molecule has 1 saturated heterocycles. The quantitative estimate of drug-likeness (QED) is 0.350. The van der Waals surface area contributed by atoms with E-state index in [0.29, 0.717) is 17.0 Å². The Morgan fingerprint density at radius 2 is 1.67 bits per heavy atom. The topological polar surface area (TPSA) is 122 Å². The number of methoxy groups -OCH3 is 2. The SMILES string of the molecule is CCCN.COC(=N)N(C(=N)c1cc(C(C)C)c(OC)cc1O)c1ccc(N2CCN(C)CC2)cc1. The van der Waals surface area contributed by atoms with Crippen LogP contribution >= 0.6 is 0 Å². The van der Waals surface area contributed by atoms with E-state index in [0.717, 1.165) is 50.4 Å². The van der Waals surface area contributed by atoms with Crippen molar-refractivity contribution in [1.82, 2.24) is 4.90 Å². The number of hydrogen-bond donors (Lipinski definition) is 4. The fourth-order valence-corrected chi connectivity index (χ4v) is 3.84. The summed E-state index contributed by atoms with van der Waals surface area (Å²) in [6.45, 7) is 10.9. The van der Waals surface area contributed by atoms with Crippen molar-refractivity contribution < 1.29 is 14.6 Å². The Morgan fingerprint density at radius 1 is 1.08 bits per heavy atom. The predicted octanol–water partition coefficient (Wildman–Crippen LogP) is 4.04. The Balaban J connectivity index is 0.00000106. The molecule has 9 nitrogen and oxygen atoms in total. The molecule has 36 heavy (non-hydrogen) atoms. The van der Waals surface area contributed by atoms with E-state index in [1.54, 1.807) is 13.2 Å². The van der Waals surface area contributed by atoms with Crippen LogP contribution < -0.4 is 20.3 Å². The van der Waals surface area contributed by atoms with Crippen LogP contribution in [0.2, 0.25) is 0 Å². The number of anilines is 2. The normalized spacial score (nSPS) is 13.6. The number of benzene rings is 2. The Labute approximate surface area is 215 Å². The fourth-order valence-electron chi connectivity index (χ4n) is 3.84. The number of hydrogen-bond acceptors (Lipinski definition) is 8. The molecule has 0 saturated carbocycles. The van der Waals surface area contributed by atoms with E-state index >= 15 is 0 Å². The highest BCUT2D eigenvalue weighted by atomic mass is 16.5. The maximum absolute atomic E-state index is 10.6. The van der Waals surface area contributed by atoms with Crippen LogP contribution in [0.25, 0.3) is 0 Å². The van der Waals surface area contributed by atoms with Gasteiger partial charge in [0.1, 0.15) is 17.3 Å². The lowest BCUT2D eigenvalue weighted by atomic mass is 9.98. The highest BCUT2D eigenvalue weighted by Crippen LogP contribution is 2.34. The first-order chi connectivity index (χ1) is 17.2. The van der Waals surface area contributed by atoms with Crippen molar-refractivity contribution >= 4 is 23.2 Å². The third kappa shape index (κ3) is 7.11. The Hall–Kier alpha value is -3.30. The lowest BCUT2D eigenvalue weighted by molar-refractivity contribution is 0.313. The number of likely N-dealkylation sites (N-methyl/N-ethyl adjacent to an activating group) is 1. The van der Waals surface area contributed by atoms with E-state index in [9.17, 15) is 5.11 Å². The molecule has 1 aliphatic heterocycles. The van der Waals surface area contributed by atoms with Crippen molar-refractivity contribution in [3.63, 3.8) is 0 Å². The Bertz CT molecular complexity index is 999. The molecule has 1 aliphatic rings. The molecule has 0 radical (unpaired) electrons. The summed E-state index contributed by atoms with van der Waals surface area (Å²) in [6, 6.07) is 10.8. The molecule has 0 spiro atoms. The van der Waals surface area contributed by atoms with Gasteiger partial charge in [0.2, 0.25) is 0 Å². The summed E-state index contributed by atoms with van der Waals surface area (Å²) >= 11 is 0. The van der Waals surface area contributed by atoms with E-state index in [1.807, 2.05) is 38.1 Å². The second kappa shape index (κ2) is 13.7. The molecule has 2 aromatic carbocycles. The number of nitrogens with two attached hydrogens (primary N) is 1. The minimum Gasteiger partial charge on any atom is -0.507 e. The largest absolute Gasteiger partial charge is 0.507 e. The van der Waals surface area contributed by atoms with E-state index in [2.05, 4.69) is 23.8 Å². The Kier molecular flexibility index (Phi) is 11.0. The van der Waals surface area contributed by atoms with Gasteiger partial charge in [0.25, 0.3) is 6.02 Å². The van der Waals surface area contributed by atoms with Gasteiger partial charge in [-0.05, 0) is 61.8 Å². The summed E-state index contributed by atoms with van der Waals surface area (Å²) in [5.74, 6) is 0.569. The highest BCUT2D eigenvalue weighted by molar-refractivity contribution is 6.22. The zero-order chi connectivity index (χ0) is 26.8. The van der Waals surface area contributed by atoms with Gasteiger partial charge in [-0.2, -0.15) is 0 Å². The van der Waals surface area contributed by atoms with Crippen LogP contribution in [0.3, 0.4) is 0 Å². The maximum atomic E-state index is 10.6. The highest BCUT2D eigenvalue weighted by Gasteiger charge is 2.25. The van der Waals surface area contributed by atoms with Crippen molar-refractivity contribution in [3.8, 4) is 11.5 Å². The van der Waals surface area contributed by atoms with Gasteiger partial charge >= 0.3 is 0 Å². The Morgan fingerprint density at radius 3 is 2.14 bits per heavy atom. The first-order valence-electron chi connectivity index (χ1n) is 12.3. The van der Waals surface area contributed by atoms with Crippen LogP contribution in [0.15, 0.2) is 36.4 Å². The summed E-state index contributed by atoms with van der Waals surface area (Å²) < 4.78 is 10.6. The molecule has 198 valence electrons. The zero-order valence-corrected chi connectivity index (χ0v) is 22.5. The van der Waals surface area contributed by atoms with Gasteiger partial charge in [0, 0.05) is 37.9 Å². The van der Waals surface area contributed by atoms with Gasteiger partial charge in [0.05, 0.1) is 25.5 Å². The van der Waals surface area contributed by atoms with E-state index < -0.39 is 0 Å². The maximum Gasteiger partial charge on any atom is 0.294 e. The van der Waals surface area contributed by atoms with Gasteiger partial charge in [-0.25, -0.2) is 4.90 Å². The van der Waals surface area contributed by atoms with E-state index in [1.165, 1.54) is 18.1 Å². The monoisotopic (exact) mass is 498 g/mol. The smallest absolute Gasteiger partial charge is 0.294 e. The fraction of sp³-hybridized carbons (Fsp3) is 0.481. The third-order valence-electron chi connectivity index (χ3n) is 6.11. The number of phenolic OH excluding ortho intramolecular Hbond substituents is 1. The van der Waals surface area contributed by atoms with Crippen molar-refractivity contribution in [3.05, 3.63) is 47.5 Å². The summed E-state index contributed by atoms with van der Waals surface area (Å²) in [5.41, 5.74) is 7.92. The predicted molar refractivity (Wildman–Crippen MR) is 148 cm³/mol. The number of rotatable bonds is 6. The summed E-state index contributed by atoms with van der Waals surface area (Å²) in [4.78, 5) is 6.01. The van der Waals surface area contributed by atoms with Crippen molar-refractivity contribution in [2.75, 3.05) is 63.8 Å². The molecule has 5 N–H and O–H groups in total. The molecule has 0 atom stereocenters. The molecule has 1 fully saturated rings. The van der Waals surface area contributed by atoms with Gasteiger partial charge < -0.3 is 30.1 Å². The molecule has 0 aliphatic carbocycles. The number of nitrogens with zero attached hydrogens (tertiary/aromatic N) is 3. The number of ether oxygens (including phenoxy) is 2. The van der Waals surface area contributed by atoms with Crippen LogP contribution in [-0.2, 0) is 4.74 Å². The second-order valence-electron chi connectivity index (χ2n) is 9.05. The summed E-state index contributed by atoms with van der Waals surface area (Å²) in [7, 11) is 5.08. The van der Waals surface area contributed by atoms with Gasteiger partial charge in [-0.3, -0.25) is 10.8 Å². The van der Waals surface area contributed by atoms with Gasteiger partial charge in [-0.15, -0.1) is 0 Å². The molecule has 1 heterocycles. The molecule has 0 bridgehead atoms. The van der Waals surface area contributed by atoms with E-state index in [4.69, 9.17) is 26.0 Å². The van der Waals surface area contributed by atoms with Crippen LogP contribution in [0, 0.1) is 10.8 Å². The average molecular weight is 499 g/mol. The molecule has 0 aromatic heterocycles. The first kappa shape index (κ1) is 28.9. The summed E-state index contributed by atoms with van der Waals surface area (Å²) in [6.07, 6.45) is 1.10. The van der Waals surface area contributed by atoms with Crippen molar-refractivity contribution in [2.24, 2.45) is 5.73 Å². The van der Waals surface area contributed by atoms with Crippen LogP contribution in [-0.4, -0.2) is 75.9 Å². The molecular weight excluding hydrogens is 456 g/mol. The number of piperazine rings is 1. The molecule has 9 heteroatoms. The minimum atomic E-state index is -0.205. The van der Waals surface area contributed by atoms with Crippen LogP contribution in [0.5, 0.6) is 11.5 Å². The lowest BCUT2D eigenvalue weighted by Gasteiger charge is -2.34. The second-order valence-corrected chi connectivity index (χ2v) is 9.05. The first-order valence-corrected chi connectivity index (χ1v) is 12.3. The van der Waals surface area contributed by atoms with E-state index in [-0.39, 0.29) is 23.5 Å². The standard InChI is InChI=1S/C24H33N5O3.C3H9N/c1-16(2)19-14-20(21(30)15-22(19)31-4)23(25)29(24(26)32-5)18-8-6-17(7-9-18)28-12-10-27(3)11-13-28;1-2-3-4/h6-9,14-16,25-26,30H,10-13H2,1-5H3;2-4H2,1H3. The van der Waals surface area contributed by atoms with Crippen molar-refractivity contribution in [2.45, 2.75) is 33.1 Å². The minimum absolute atomic E-state index is 0.0498. The van der Waals surface area contributed by atoms with Crippen LogP contribution in [0.4, 0.5) is 11.4 Å². The average Bonchev–Trinajstić information content (AvgIpc) is 2.89. The van der Waals surface area contributed by atoms with Crippen molar-refractivity contribution in [1.29, 1.82) is 10.8 Å². The number of phenols is 1. The number of amidine groups is 2. The zero-order valence-electron chi connectivity index (χ0n) is 22.5. The number of aromatic hydroxyl groups is 1. The third-order valence-corrected chi connectivity index (χ3v) is 6.11. The molecule has 3 rings (SSSR count). The summed E-state index contributed by atoms with van der Waals surface area (Å²) in [5, 5.41) is 27.8. The molecular formula is C27H42N6O3. The number of nitrogens with one attached hydrogen (secondary N) is 2. The molecule has 0 amide bonds. The molecule has 2 aromatic rings. The van der Waals surface area contributed by atoms with Gasteiger partial charge in [-0.1, -0.05) is 20.8 Å². The van der Waals surface area contributed by atoms with Gasteiger partial charge in [0.15, 0.2) is 0 Å². The lowest BCUT2D eigenvalue weighted by Crippen LogP contribution is -2.44. The molecule has 0 unspecified atom stereocenters. The van der Waals surface area contributed by atoms with Crippen LogP contribution in [0.1, 0.15) is 44.2 Å².